The Morgan fingerprint density at radius 2 is 1.59 bits per heavy atom. The number of carbonyl (C=O) groups is 2. The second-order valence-corrected chi connectivity index (χ2v) is 8.38. The predicted molar refractivity (Wildman–Crippen MR) is 130 cm³/mol. The Labute approximate surface area is 198 Å². The van der Waals surface area contributed by atoms with E-state index in [4.69, 9.17) is 5.11 Å². The van der Waals surface area contributed by atoms with Gasteiger partial charge in [0.05, 0.1) is 18.0 Å². The topological polar surface area (TPSA) is 107 Å². The minimum Gasteiger partial charge on any atom is -0.475 e. The second-order valence-electron chi connectivity index (χ2n) is 8.38. The van der Waals surface area contributed by atoms with Gasteiger partial charge in [-0.25, -0.2) is 14.8 Å². The molecule has 0 saturated heterocycles. The highest BCUT2D eigenvalue weighted by molar-refractivity contribution is 5.97. The van der Waals surface area contributed by atoms with Gasteiger partial charge < -0.3 is 20.0 Å². The number of amides is 1. The van der Waals surface area contributed by atoms with Crippen LogP contribution in [0.25, 0.3) is 11.1 Å². The fraction of sp³-hybridized carbons (Fsp3) is 0.308. The average molecular weight is 461 g/mol. The summed E-state index contributed by atoms with van der Waals surface area (Å²) in [5.41, 5.74) is 5.09. The summed E-state index contributed by atoms with van der Waals surface area (Å²) in [6.07, 6.45) is 7.46. The molecule has 8 heteroatoms. The lowest BCUT2D eigenvalue weighted by Gasteiger charge is -2.38. The van der Waals surface area contributed by atoms with E-state index in [1.165, 1.54) is 31.7 Å². The van der Waals surface area contributed by atoms with Crippen molar-refractivity contribution < 1.29 is 19.8 Å². The summed E-state index contributed by atoms with van der Waals surface area (Å²) < 4.78 is 0. The minimum absolute atomic E-state index is 0.0291. The Bertz CT molecular complexity index is 1170. The molecular formula is C26H28N4O4. The fourth-order valence-corrected chi connectivity index (χ4v) is 3.80. The van der Waals surface area contributed by atoms with E-state index < -0.39 is 5.97 Å². The zero-order valence-electron chi connectivity index (χ0n) is 19.1. The highest BCUT2D eigenvalue weighted by atomic mass is 16.4. The van der Waals surface area contributed by atoms with Gasteiger partial charge in [0.1, 0.15) is 0 Å². The number of aliphatic hydroxyl groups is 1. The van der Waals surface area contributed by atoms with Crippen molar-refractivity contribution in [2.45, 2.75) is 39.3 Å². The van der Waals surface area contributed by atoms with Crippen LogP contribution in [0.15, 0.2) is 54.9 Å². The van der Waals surface area contributed by atoms with Crippen molar-refractivity contribution in [3.63, 3.8) is 0 Å². The zero-order chi connectivity index (χ0) is 24.1. The van der Waals surface area contributed by atoms with Crippen molar-refractivity contribution in [2.75, 3.05) is 22.9 Å². The van der Waals surface area contributed by atoms with Crippen LogP contribution in [0, 0.1) is 0 Å². The Morgan fingerprint density at radius 3 is 2.18 bits per heavy atom. The van der Waals surface area contributed by atoms with Gasteiger partial charge in [0, 0.05) is 44.5 Å². The number of hydrogen-bond acceptors (Lipinski definition) is 6. The maximum atomic E-state index is 12.2. The number of benzene rings is 2. The molecule has 1 saturated carbocycles. The number of aliphatic hydroxyl groups excluding tert-OH is 1. The molecule has 0 unspecified atom stereocenters. The molecule has 0 bridgehead atoms. The second kappa shape index (κ2) is 10.4. The van der Waals surface area contributed by atoms with Crippen LogP contribution in [0.4, 0.5) is 11.4 Å². The maximum absolute atomic E-state index is 12.2. The number of carboxylic acids is 1. The van der Waals surface area contributed by atoms with E-state index in [1.807, 2.05) is 42.5 Å². The number of fused-ring (bicyclic) bond motifs is 1. The van der Waals surface area contributed by atoms with E-state index in [9.17, 15) is 14.7 Å². The van der Waals surface area contributed by atoms with Crippen LogP contribution >= 0.6 is 0 Å². The largest absolute Gasteiger partial charge is 0.475 e. The molecule has 1 fully saturated rings. The molecule has 2 aromatic carbocycles. The monoisotopic (exact) mass is 460 g/mol. The Morgan fingerprint density at radius 1 is 0.912 bits per heavy atom. The summed E-state index contributed by atoms with van der Waals surface area (Å²) in [5.74, 6) is -1.46. The molecule has 34 heavy (non-hydrogen) atoms. The van der Waals surface area contributed by atoms with Crippen LogP contribution in [-0.2, 0) is 17.9 Å². The average Bonchev–Trinajstić information content (AvgIpc) is 3.74. The van der Waals surface area contributed by atoms with E-state index in [0.717, 1.165) is 28.1 Å². The molecule has 2 heterocycles. The number of aromatic nitrogens is 2. The molecule has 2 N–H and O–H groups in total. The third kappa shape index (κ3) is 5.40. The molecule has 176 valence electrons. The summed E-state index contributed by atoms with van der Waals surface area (Å²) in [6.45, 7) is 3.31. The first-order valence-corrected chi connectivity index (χ1v) is 11.4. The van der Waals surface area contributed by atoms with Crippen molar-refractivity contribution in [3.8, 4) is 11.1 Å². The van der Waals surface area contributed by atoms with E-state index in [-0.39, 0.29) is 18.3 Å². The van der Waals surface area contributed by atoms with Gasteiger partial charge in [-0.2, -0.15) is 0 Å². The van der Waals surface area contributed by atoms with Crippen molar-refractivity contribution in [3.05, 3.63) is 71.8 Å². The quantitative estimate of drug-likeness (QED) is 0.595. The molecule has 0 radical (unpaired) electrons. The molecule has 8 nitrogen and oxygen atoms in total. The summed E-state index contributed by atoms with van der Waals surface area (Å²) in [6, 6.07) is 13.5. The highest BCUT2D eigenvalue weighted by Gasteiger charge is 2.26. The molecule has 3 aromatic rings. The Balaban J connectivity index is 0.000000846. The Hall–Kier alpha value is -3.78. The Kier molecular flexibility index (Phi) is 7.18. The van der Waals surface area contributed by atoms with Gasteiger partial charge in [-0.1, -0.05) is 49.6 Å². The van der Waals surface area contributed by atoms with Gasteiger partial charge in [-0.3, -0.25) is 4.79 Å². The van der Waals surface area contributed by atoms with Gasteiger partial charge in [0.2, 0.25) is 11.7 Å². The first kappa shape index (κ1) is 23.4. The van der Waals surface area contributed by atoms with Crippen molar-refractivity contribution in [2.24, 2.45) is 0 Å². The number of nitrogens with zero attached hydrogens (tertiary/aromatic N) is 4. The molecule has 1 aliphatic carbocycles. The van der Waals surface area contributed by atoms with Crippen LogP contribution in [0.1, 0.15) is 47.9 Å². The van der Waals surface area contributed by atoms with Crippen LogP contribution in [0.3, 0.4) is 0 Å². The lowest BCUT2D eigenvalue weighted by molar-refractivity contribution is -0.116. The highest BCUT2D eigenvalue weighted by Crippen LogP contribution is 2.37. The normalized spacial score (nSPS) is 14.1. The number of hydrogen-bond donors (Lipinski definition) is 2. The summed E-state index contributed by atoms with van der Waals surface area (Å²) in [4.78, 5) is 34.9. The molecule has 1 aromatic heterocycles. The van der Waals surface area contributed by atoms with Gasteiger partial charge in [-0.15, -0.1) is 0 Å². The summed E-state index contributed by atoms with van der Waals surface area (Å²) >= 11 is 0. The van der Waals surface area contributed by atoms with E-state index in [0.29, 0.717) is 25.2 Å². The number of aromatic carboxylic acids is 1. The van der Waals surface area contributed by atoms with E-state index >= 15 is 0 Å². The van der Waals surface area contributed by atoms with Crippen molar-refractivity contribution >= 4 is 23.3 Å². The third-order valence-corrected chi connectivity index (χ3v) is 5.76. The summed E-state index contributed by atoms with van der Waals surface area (Å²) in [7, 11) is 0. The predicted octanol–water partition coefficient (Wildman–Crippen LogP) is 3.88. The van der Waals surface area contributed by atoms with Crippen LogP contribution in [0.2, 0.25) is 0 Å². The molecule has 2 aliphatic rings. The maximum Gasteiger partial charge on any atom is 0.373 e. The standard InChI is InChI=1S/C23H22N4O4.C3H6/c1-15(29)27-9-8-26(13-17-4-2-3-5-18(17)14-28)21-10-16(6-7-20(21)27)19-11-24-22(23(30)31)25-12-19;1-2-3-1/h2-7,10-12,28H,8-9,13-14H2,1H3,(H,30,31);1-3H2. The van der Waals surface area contributed by atoms with Gasteiger partial charge in [0.15, 0.2) is 0 Å². The number of rotatable bonds is 5. The molecule has 0 atom stereocenters. The smallest absolute Gasteiger partial charge is 0.373 e. The first-order valence-electron chi connectivity index (χ1n) is 11.4. The van der Waals surface area contributed by atoms with Crippen LogP contribution in [-0.4, -0.2) is 45.1 Å². The van der Waals surface area contributed by atoms with Crippen molar-refractivity contribution in [1.29, 1.82) is 0 Å². The van der Waals surface area contributed by atoms with Gasteiger partial charge >= 0.3 is 5.97 Å². The lowest BCUT2D eigenvalue weighted by atomic mass is 10.0. The lowest BCUT2D eigenvalue weighted by Crippen LogP contribution is -2.43. The van der Waals surface area contributed by atoms with Gasteiger partial charge in [-0.05, 0) is 28.8 Å². The zero-order valence-corrected chi connectivity index (χ0v) is 19.1. The van der Waals surface area contributed by atoms with Crippen LogP contribution in [0.5, 0.6) is 0 Å². The number of carbonyl (C=O) groups excluding carboxylic acids is 1. The molecule has 1 amide bonds. The number of carboxylic acid groups (broad SMARTS) is 1. The first-order chi connectivity index (χ1) is 16.5. The van der Waals surface area contributed by atoms with E-state index in [1.54, 1.807) is 11.8 Å². The number of anilines is 2. The summed E-state index contributed by atoms with van der Waals surface area (Å²) in [5, 5.41) is 18.7. The molecule has 1 aliphatic heterocycles. The third-order valence-electron chi connectivity index (χ3n) is 5.76. The molecule has 5 rings (SSSR count). The van der Waals surface area contributed by atoms with E-state index in [2.05, 4.69) is 14.9 Å². The fourth-order valence-electron chi connectivity index (χ4n) is 3.80. The molecular weight excluding hydrogens is 432 g/mol. The van der Waals surface area contributed by atoms with Crippen LogP contribution < -0.4 is 9.80 Å². The van der Waals surface area contributed by atoms with Gasteiger partial charge in [0.25, 0.3) is 0 Å². The minimum atomic E-state index is -1.18. The van der Waals surface area contributed by atoms with Crippen molar-refractivity contribution in [1.82, 2.24) is 9.97 Å². The SMILES string of the molecule is C1CC1.CC(=O)N1CCN(Cc2ccccc2CO)c2cc(-c3cnc(C(=O)O)nc3)ccc21. The molecule has 0 spiro atoms.